The zero-order valence-corrected chi connectivity index (χ0v) is 9.16. The predicted molar refractivity (Wildman–Crippen MR) is 53.3 cm³/mol. The first kappa shape index (κ1) is 9.60. The van der Waals surface area contributed by atoms with Gasteiger partial charge in [-0.25, -0.2) is 0 Å². The van der Waals surface area contributed by atoms with Crippen LogP contribution in [0.4, 0.5) is 0 Å². The number of carbonyl (C=O) groups excluding carboxylic acids is 1. The molecular formula is C11H17NO3. The van der Waals surface area contributed by atoms with E-state index in [9.17, 15) is 4.79 Å². The molecular weight excluding hydrogens is 194 g/mol. The van der Waals surface area contributed by atoms with E-state index in [1.165, 1.54) is 7.11 Å². The summed E-state index contributed by atoms with van der Waals surface area (Å²) in [5.74, 6) is 0.166. The number of ether oxygens (including phenoxy) is 2. The molecule has 1 N–H and O–H groups in total. The zero-order valence-electron chi connectivity index (χ0n) is 9.16. The van der Waals surface area contributed by atoms with Crippen LogP contribution in [-0.2, 0) is 14.3 Å². The van der Waals surface area contributed by atoms with E-state index in [1.54, 1.807) is 0 Å². The molecule has 5 atom stereocenters. The third-order valence-electron chi connectivity index (χ3n) is 4.37. The lowest BCUT2D eigenvalue weighted by Gasteiger charge is -2.30. The summed E-state index contributed by atoms with van der Waals surface area (Å²) in [7, 11) is 1.47. The van der Waals surface area contributed by atoms with Crippen molar-refractivity contribution in [2.45, 2.75) is 37.5 Å². The van der Waals surface area contributed by atoms with Crippen LogP contribution >= 0.6 is 0 Å². The van der Waals surface area contributed by atoms with E-state index in [4.69, 9.17) is 9.47 Å². The summed E-state index contributed by atoms with van der Waals surface area (Å²) in [4.78, 5) is 11.8. The largest absolute Gasteiger partial charge is 0.469 e. The first-order valence-electron chi connectivity index (χ1n) is 5.67. The molecule has 0 saturated carbocycles. The van der Waals surface area contributed by atoms with Crippen molar-refractivity contribution in [3.8, 4) is 0 Å². The Morgan fingerprint density at radius 1 is 1.60 bits per heavy atom. The molecule has 15 heavy (non-hydrogen) atoms. The standard InChI is InChI=1S/C11H17NO3/c1-6-9-8(10(13)14-2)7-3-4-11(9,15-7)5-12-6/h6-9,12H,3-5H2,1-2H3/t6-,7+,8+,9+,11+/m1/s1. The number of rotatable bonds is 1. The smallest absolute Gasteiger partial charge is 0.311 e. The van der Waals surface area contributed by atoms with Gasteiger partial charge in [0.1, 0.15) is 0 Å². The van der Waals surface area contributed by atoms with Gasteiger partial charge in [-0.1, -0.05) is 0 Å². The minimum absolute atomic E-state index is 0.0475. The average molecular weight is 211 g/mol. The molecule has 0 aliphatic carbocycles. The number of hydrogen-bond acceptors (Lipinski definition) is 4. The summed E-state index contributed by atoms with van der Waals surface area (Å²) in [6, 6.07) is 0.361. The van der Waals surface area contributed by atoms with Crippen molar-refractivity contribution in [3.05, 3.63) is 0 Å². The van der Waals surface area contributed by atoms with Gasteiger partial charge in [-0.2, -0.15) is 0 Å². The Hall–Kier alpha value is -0.610. The number of hydrogen-bond donors (Lipinski definition) is 1. The number of nitrogens with one attached hydrogen (secondary N) is 1. The van der Waals surface area contributed by atoms with Gasteiger partial charge < -0.3 is 14.8 Å². The minimum atomic E-state index is -0.0953. The Morgan fingerprint density at radius 2 is 2.40 bits per heavy atom. The van der Waals surface area contributed by atoms with Crippen LogP contribution < -0.4 is 5.32 Å². The van der Waals surface area contributed by atoms with Crippen molar-refractivity contribution in [3.63, 3.8) is 0 Å². The highest BCUT2D eigenvalue weighted by Crippen LogP contribution is 2.54. The van der Waals surface area contributed by atoms with E-state index in [0.717, 1.165) is 19.4 Å². The van der Waals surface area contributed by atoms with Gasteiger partial charge in [-0.15, -0.1) is 0 Å². The highest BCUT2D eigenvalue weighted by Gasteiger charge is 2.65. The molecule has 3 fully saturated rings. The summed E-state index contributed by atoms with van der Waals surface area (Å²) in [5.41, 5.74) is -0.0665. The zero-order chi connectivity index (χ0) is 10.6. The van der Waals surface area contributed by atoms with Gasteiger partial charge in [-0.05, 0) is 19.8 Å². The Morgan fingerprint density at radius 3 is 3.13 bits per heavy atom. The molecule has 0 aromatic heterocycles. The lowest BCUT2D eigenvalue weighted by Crippen LogP contribution is -2.42. The molecule has 0 aromatic carbocycles. The monoisotopic (exact) mass is 211 g/mol. The van der Waals surface area contributed by atoms with Crippen molar-refractivity contribution >= 4 is 5.97 Å². The van der Waals surface area contributed by atoms with Crippen molar-refractivity contribution in [2.75, 3.05) is 13.7 Å². The van der Waals surface area contributed by atoms with Gasteiger partial charge in [0.2, 0.25) is 0 Å². The molecule has 0 aromatic rings. The molecule has 0 radical (unpaired) electrons. The molecule has 0 amide bonds. The fourth-order valence-electron chi connectivity index (χ4n) is 3.77. The first-order valence-corrected chi connectivity index (χ1v) is 5.67. The van der Waals surface area contributed by atoms with E-state index in [0.29, 0.717) is 12.0 Å². The van der Waals surface area contributed by atoms with E-state index in [1.807, 2.05) is 0 Å². The van der Waals surface area contributed by atoms with Crippen LogP contribution in [0.3, 0.4) is 0 Å². The molecule has 1 spiro atoms. The summed E-state index contributed by atoms with van der Waals surface area (Å²) in [5, 5.41) is 3.42. The van der Waals surface area contributed by atoms with Crippen LogP contribution in [0.1, 0.15) is 19.8 Å². The Bertz CT molecular complexity index is 306. The molecule has 2 bridgehead atoms. The summed E-state index contributed by atoms with van der Waals surface area (Å²) in [6.07, 6.45) is 2.20. The maximum Gasteiger partial charge on any atom is 0.311 e. The van der Waals surface area contributed by atoms with E-state index >= 15 is 0 Å². The Labute approximate surface area is 89.3 Å². The first-order chi connectivity index (χ1) is 7.18. The Balaban J connectivity index is 1.94. The number of fused-ring (bicyclic) bond motifs is 1. The van der Waals surface area contributed by atoms with E-state index in [2.05, 4.69) is 12.2 Å². The van der Waals surface area contributed by atoms with Crippen LogP contribution in [0.5, 0.6) is 0 Å². The topological polar surface area (TPSA) is 47.6 Å². The predicted octanol–water partition coefficient (Wildman–Crippen LogP) is 0.315. The maximum atomic E-state index is 11.8. The van der Waals surface area contributed by atoms with Crippen LogP contribution in [0.15, 0.2) is 0 Å². The van der Waals surface area contributed by atoms with Crippen molar-refractivity contribution in [1.82, 2.24) is 5.32 Å². The van der Waals surface area contributed by atoms with Gasteiger partial charge in [0.25, 0.3) is 0 Å². The second-order valence-electron chi connectivity index (χ2n) is 5.00. The molecule has 3 heterocycles. The summed E-state index contributed by atoms with van der Waals surface area (Å²) in [6.45, 7) is 3.03. The quantitative estimate of drug-likeness (QED) is 0.634. The molecule has 0 unspecified atom stereocenters. The van der Waals surface area contributed by atoms with Gasteiger partial charge in [0.15, 0.2) is 0 Å². The number of methoxy groups -OCH3 is 1. The third kappa shape index (κ3) is 1.06. The van der Waals surface area contributed by atoms with Crippen molar-refractivity contribution in [1.29, 1.82) is 0 Å². The fraction of sp³-hybridized carbons (Fsp3) is 0.909. The number of esters is 1. The van der Waals surface area contributed by atoms with Gasteiger partial charge in [-0.3, -0.25) is 4.79 Å². The van der Waals surface area contributed by atoms with Crippen LogP contribution in [0, 0.1) is 11.8 Å². The summed E-state index contributed by atoms with van der Waals surface area (Å²) >= 11 is 0. The second kappa shape index (κ2) is 2.95. The fourth-order valence-corrected chi connectivity index (χ4v) is 3.77. The summed E-state index contributed by atoms with van der Waals surface area (Å²) < 4.78 is 10.9. The maximum absolute atomic E-state index is 11.8. The van der Waals surface area contributed by atoms with Gasteiger partial charge in [0, 0.05) is 18.5 Å². The number of carbonyl (C=O) groups is 1. The lowest BCUT2D eigenvalue weighted by molar-refractivity contribution is -0.148. The van der Waals surface area contributed by atoms with Crippen LogP contribution in [0.25, 0.3) is 0 Å². The molecule has 3 aliphatic heterocycles. The lowest BCUT2D eigenvalue weighted by atomic mass is 9.71. The molecule has 3 rings (SSSR count). The van der Waals surface area contributed by atoms with Crippen molar-refractivity contribution < 1.29 is 14.3 Å². The highest BCUT2D eigenvalue weighted by atomic mass is 16.5. The third-order valence-corrected chi connectivity index (χ3v) is 4.37. The second-order valence-corrected chi connectivity index (χ2v) is 5.00. The van der Waals surface area contributed by atoms with Gasteiger partial charge >= 0.3 is 5.97 Å². The molecule has 4 heteroatoms. The highest BCUT2D eigenvalue weighted by molar-refractivity contribution is 5.74. The molecule has 3 saturated heterocycles. The Kier molecular flexibility index (Phi) is 1.89. The van der Waals surface area contributed by atoms with E-state index in [-0.39, 0.29) is 23.6 Å². The molecule has 84 valence electrons. The molecule has 4 nitrogen and oxygen atoms in total. The minimum Gasteiger partial charge on any atom is -0.469 e. The SMILES string of the molecule is COC(=O)[C@@H]1[C@@H]2[C@@H](C)NC[C@@]23CC[C@@H]1O3. The average Bonchev–Trinajstić information content (AvgIpc) is 2.88. The van der Waals surface area contributed by atoms with E-state index < -0.39 is 0 Å². The molecule has 3 aliphatic rings. The normalized spacial score (nSPS) is 51.9. The van der Waals surface area contributed by atoms with Crippen LogP contribution in [0.2, 0.25) is 0 Å². The van der Waals surface area contributed by atoms with Crippen molar-refractivity contribution in [2.24, 2.45) is 11.8 Å². The van der Waals surface area contributed by atoms with Gasteiger partial charge in [0.05, 0.1) is 24.7 Å². The van der Waals surface area contributed by atoms with Crippen LogP contribution in [-0.4, -0.2) is 37.4 Å².